The van der Waals surface area contributed by atoms with E-state index in [0.29, 0.717) is 61.3 Å². The normalized spacial score (nSPS) is 13.9. The number of H-pyrrole nitrogens is 1. The van der Waals surface area contributed by atoms with E-state index in [1.807, 2.05) is 150 Å². The van der Waals surface area contributed by atoms with E-state index in [-0.39, 0.29) is 47.3 Å². The maximum absolute atomic E-state index is 12.0. The molecule has 4 aliphatic rings. The minimum absolute atomic E-state index is 0.0241. The molecule has 0 aromatic carbocycles. The van der Waals surface area contributed by atoms with E-state index in [9.17, 15) is 19.2 Å². The summed E-state index contributed by atoms with van der Waals surface area (Å²) >= 11 is 8.84. The second-order valence-electron chi connectivity index (χ2n) is 27.4. The topological polar surface area (TPSA) is 409 Å². The molecule has 580 valence electrons. The van der Waals surface area contributed by atoms with Crippen LogP contribution in [0.15, 0.2) is 228 Å². The fraction of sp³-hybridized carbons (Fsp3) is 0.173. The lowest BCUT2D eigenvalue weighted by molar-refractivity contribution is -0.118. The highest BCUT2D eigenvalue weighted by atomic mass is 32.2. The van der Waals surface area contributed by atoms with Crippen molar-refractivity contribution in [2.45, 2.75) is 92.1 Å². The van der Waals surface area contributed by atoms with Gasteiger partial charge in [0.2, 0.25) is 44.3 Å². The molecule has 4 aliphatic carbocycles. The number of imidazole rings is 5. The van der Waals surface area contributed by atoms with Crippen LogP contribution in [-0.2, 0) is 19.2 Å². The number of aromatic amines is 1. The number of aromatic nitrogens is 27. The number of thiophene rings is 1. The number of ether oxygens (including phenoxy) is 1. The van der Waals surface area contributed by atoms with Gasteiger partial charge in [0.15, 0.2) is 68.4 Å². The highest BCUT2D eigenvalue weighted by Gasteiger charge is 2.33. The number of hydrogen-bond donors (Lipinski definition) is 5. The first-order valence-corrected chi connectivity index (χ1v) is 41.8. The first-order chi connectivity index (χ1) is 57.4. The molecule has 4 saturated carbocycles. The van der Waals surface area contributed by atoms with E-state index in [4.69, 9.17) is 4.74 Å². The third kappa shape index (κ3) is 16.1. The van der Waals surface area contributed by atoms with E-state index in [0.717, 1.165) is 133 Å². The van der Waals surface area contributed by atoms with E-state index in [1.165, 1.54) is 52.6 Å². The van der Waals surface area contributed by atoms with Gasteiger partial charge in [-0.2, -0.15) is 31.7 Å². The van der Waals surface area contributed by atoms with Gasteiger partial charge in [0.1, 0.15) is 25.9 Å². The van der Waals surface area contributed by atoms with Crippen molar-refractivity contribution >= 4 is 162 Å². The maximum atomic E-state index is 12.0. The summed E-state index contributed by atoms with van der Waals surface area (Å²) in [5.74, 6) is 3.41. The van der Waals surface area contributed by atoms with Crippen LogP contribution < -0.4 is 26.0 Å². The Labute approximate surface area is 683 Å². The lowest BCUT2D eigenvalue weighted by atomic mass is 10.1. The molecule has 0 saturated heterocycles. The van der Waals surface area contributed by atoms with Crippen molar-refractivity contribution in [1.29, 1.82) is 0 Å². The fourth-order valence-electron chi connectivity index (χ4n) is 12.1. The van der Waals surface area contributed by atoms with Gasteiger partial charge >= 0.3 is 0 Å². The Bertz CT molecular complexity index is 6460. The smallest absolute Gasteiger partial charge is 0.228 e. The second kappa shape index (κ2) is 31.1. The van der Waals surface area contributed by atoms with E-state index in [2.05, 4.69) is 134 Å². The lowest BCUT2D eigenvalue weighted by Gasteiger charge is -2.03. The number of anilines is 4. The van der Waals surface area contributed by atoms with Crippen LogP contribution in [0.4, 0.5) is 23.3 Å². The van der Waals surface area contributed by atoms with Crippen LogP contribution in [0.1, 0.15) is 51.4 Å². The van der Waals surface area contributed by atoms with Gasteiger partial charge in [-0.05, 0) is 223 Å². The van der Waals surface area contributed by atoms with Crippen LogP contribution in [0, 0.1) is 23.7 Å². The number of nitrogens with zero attached hydrogens (tertiary/aromatic N) is 26. The number of nitrogens with one attached hydrogen (secondary N) is 5. The number of fused-ring (bicyclic) bond motifs is 8. The van der Waals surface area contributed by atoms with Gasteiger partial charge in [0.05, 0.1) is 67.5 Å². The summed E-state index contributed by atoms with van der Waals surface area (Å²) in [4.78, 5) is 76.9. The molecule has 0 spiro atoms. The molecule has 0 atom stereocenters. The average Bonchev–Trinajstić information content (AvgIpc) is 1.67. The molecule has 0 bridgehead atoms. The fourth-order valence-corrected chi connectivity index (χ4v) is 16.5. The monoisotopic (exact) mass is 1670 g/mol. The van der Waals surface area contributed by atoms with Gasteiger partial charge in [-0.15, -0.1) is 52.1 Å². The number of rotatable bonds is 20. The number of methoxy groups -OCH3 is 1. The number of thiazole rings is 1. The third-order valence-corrected chi connectivity index (χ3v) is 23.7. The number of hydrogen-bond acceptors (Lipinski definition) is 29. The minimum Gasteiger partial charge on any atom is -0.495 e. The van der Waals surface area contributed by atoms with Gasteiger partial charge in [-0.3, -0.25) is 36.8 Å². The van der Waals surface area contributed by atoms with Crippen LogP contribution >= 0.6 is 69.7 Å². The Balaban J connectivity index is 0.000000100. The Morgan fingerprint density at radius 1 is 0.393 bits per heavy atom. The Morgan fingerprint density at radius 2 is 0.761 bits per heavy atom. The molecule has 19 aromatic heterocycles. The van der Waals surface area contributed by atoms with Crippen LogP contribution in [0.3, 0.4) is 0 Å². The van der Waals surface area contributed by atoms with Crippen LogP contribution in [0.5, 0.6) is 5.75 Å². The van der Waals surface area contributed by atoms with Gasteiger partial charge in [0, 0.05) is 58.8 Å². The molecular formula is C75H59N31O5S6. The van der Waals surface area contributed by atoms with Crippen molar-refractivity contribution in [3.05, 3.63) is 187 Å². The van der Waals surface area contributed by atoms with Crippen molar-refractivity contribution in [2.75, 3.05) is 28.4 Å². The molecule has 19 aromatic rings. The molecule has 0 radical (unpaired) electrons. The number of carbonyl (C=O) groups excluding carboxylic acids is 4. The van der Waals surface area contributed by atoms with Crippen molar-refractivity contribution < 1.29 is 23.9 Å². The maximum Gasteiger partial charge on any atom is 0.228 e. The summed E-state index contributed by atoms with van der Waals surface area (Å²) in [6.45, 7) is 0. The van der Waals surface area contributed by atoms with Crippen LogP contribution in [0.2, 0.25) is 0 Å². The van der Waals surface area contributed by atoms with Crippen molar-refractivity contribution in [3.8, 4) is 39.4 Å². The molecule has 0 aliphatic heterocycles. The molecule has 4 fully saturated rings. The van der Waals surface area contributed by atoms with E-state index in [1.54, 1.807) is 85.2 Å². The molecule has 36 nitrogen and oxygen atoms in total. The second-order valence-corrected chi connectivity index (χ2v) is 32.8. The summed E-state index contributed by atoms with van der Waals surface area (Å²) in [5, 5.41) is 75.7. The molecule has 117 heavy (non-hydrogen) atoms. The Hall–Kier alpha value is -13.4. The largest absolute Gasteiger partial charge is 0.495 e. The first-order valence-electron chi connectivity index (χ1n) is 36.6. The summed E-state index contributed by atoms with van der Waals surface area (Å²) < 4.78 is 19.6. The molecule has 19 heterocycles. The van der Waals surface area contributed by atoms with Gasteiger partial charge in [0.25, 0.3) is 0 Å². The van der Waals surface area contributed by atoms with E-state index >= 15 is 0 Å². The van der Waals surface area contributed by atoms with Crippen molar-refractivity contribution in [2.24, 2.45) is 23.7 Å². The first kappa shape index (κ1) is 72.5. The lowest BCUT2D eigenvalue weighted by Crippen LogP contribution is -2.13. The zero-order chi connectivity index (χ0) is 78.6. The molecule has 4 amide bonds. The highest BCUT2D eigenvalue weighted by Crippen LogP contribution is 2.37. The summed E-state index contributed by atoms with van der Waals surface area (Å²) in [7, 11) is 1.62. The molecule has 42 heteroatoms. The van der Waals surface area contributed by atoms with Crippen LogP contribution in [-0.4, -0.2) is 162 Å². The number of amides is 4. The van der Waals surface area contributed by atoms with E-state index < -0.39 is 0 Å². The zero-order valence-corrected chi connectivity index (χ0v) is 65.9. The SMILES string of the molecule is COc1ccc2nnc(Sc3ccc4nc(NC(=O)C5CC5)cn4n3)n2c1.O=C(Nc1cn2nc(Sc3nnc4ccc(-c5ccsc5)cn34)ccc2n1)C1CC1.O=C(Nc1cn2nc(Sc3nnc4ccc(-c5cnc[nH]5)cn34)ccc2n1)C1CC1.O=C(Nc1cn2nc(Sc3nnc4ccc(-c5cscn5)cn34)ccc2n1)C1CC1. The highest BCUT2D eigenvalue weighted by molar-refractivity contribution is 7.99. The minimum atomic E-state index is 0.0241. The standard InChI is InChI=1S/C20H15N7OS2.C19H15N9OS.C19H14N8OS2.C17H15N7O2S/c28-19(12-1-2-12)22-15-10-27-16(21-15)5-6-18(25-27)30-20-24-23-17-4-3-13(9-26(17)20)14-7-8-29-11-14;29-18(11-1-2-11)23-14-9-28-15(22-14)5-6-17(26-28)30-19-25-24-16-4-3-12(8-27(16)19)13-7-20-10-21-13;28-18(11-1-2-11)22-14-8-27-15(21-14)5-6-17(25-27)30-19-24-23-16-4-3-12(7-26(16)19)13-9-29-10-20-13;1-26-11-4-5-14-20-21-17(23(14)8-11)27-15-7-6-13-18-12(9-24(13)22-15)19-16(25)10-2-3-10/h3-12H,1-2H2,(H,22,28);3-11H,1-2H2,(H,20,21)(H,23,29);3-11H,1-2H2,(H,22,28);4-10H,2-3H2,1H3,(H,19,25). The summed E-state index contributed by atoms with van der Waals surface area (Å²) in [5.41, 5.74) is 13.6. The summed E-state index contributed by atoms with van der Waals surface area (Å²) in [6, 6.07) is 32.6. The third-order valence-electron chi connectivity index (χ3n) is 18.8. The predicted molar refractivity (Wildman–Crippen MR) is 434 cm³/mol. The molecule has 5 N–H and O–H groups in total. The Morgan fingerprint density at radius 3 is 1.12 bits per heavy atom. The van der Waals surface area contributed by atoms with Crippen molar-refractivity contribution in [1.82, 2.24) is 132 Å². The van der Waals surface area contributed by atoms with Crippen molar-refractivity contribution in [3.63, 3.8) is 0 Å². The predicted octanol–water partition coefficient (Wildman–Crippen LogP) is 12.3. The molecule has 23 rings (SSSR count). The summed E-state index contributed by atoms with van der Waals surface area (Å²) in [6.07, 6.45) is 25.8. The van der Waals surface area contributed by atoms with Gasteiger partial charge in [-0.25, -0.2) is 48.0 Å². The molecular weight excluding hydrogens is 1610 g/mol. The Kier molecular flexibility index (Phi) is 19.3. The molecule has 0 unspecified atom stereocenters. The zero-order valence-electron chi connectivity index (χ0n) is 61.0. The van der Waals surface area contributed by atoms with Gasteiger partial charge in [-0.1, -0.05) is 0 Å². The quantitative estimate of drug-likeness (QED) is 0.0473. The number of pyridine rings is 4. The average molecular weight is 1670 g/mol. The number of carbonyl (C=O) groups is 4. The van der Waals surface area contributed by atoms with Gasteiger partial charge < -0.3 is 31.0 Å². The van der Waals surface area contributed by atoms with Crippen LogP contribution in [0.25, 0.3) is 78.8 Å².